The van der Waals surface area contributed by atoms with Crippen molar-refractivity contribution in [1.29, 1.82) is 0 Å². The summed E-state index contributed by atoms with van der Waals surface area (Å²) in [6, 6.07) is 17.9. The SMILES string of the molecule is Cc1cc(Br)ccc1NC(=O)c1ccc(S(=O)(=O)N(C)c2ccc(Cl)cc2)cc1. The molecule has 0 aromatic heterocycles. The van der Waals surface area contributed by atoms with Gasteiger partial charge in [-0.25, -0.2) is 8.42 Å². The van der Waals surface area contributed by atoms with Gasteiger partial charge >= 0.3 is 0 Å². The van der Waals surface area contributed by atoms with Crippen molar-refractivity contribution >= 4 is 54.8 Å². The summed E-state index contributed by atoms with van der Waals surface area (Å²) < 4.78 is 27.8. The smallest absolute Gasteiger partial charge is 0.264 e. The number of sulfonamides is 1. The molecule has 1 amide bonds. The minimum atomic E-state index is -3.76. The van der Waals surface area contributed by atoms with Gasteiger partial charge in [0, 0.05) is 27.8 Å². The lowest BCUT2D eigenvalue weighted by Crippen LogP contribution is -2.26. The zero-order chi connectivity index (χ0) is 21.2. The normalized spacial score (nSPS) is 11.2. The van der Waals surface area contributed by atoms with Crippen molar-refractivity contribution in [3.05, 3.63) is 87.4 Å². The number of carbonyl (C=O) groups is 1. The zero-order valence-corrected chi connectivity index (χ0v) is 18.8. The standard InChI is InChI=1S/C21H18BrClN2O3S/c1-14-13-16(22)5-12-20(14)24-21(26)15-3-10-19(11-4-15)29(27,28)25(2)18-8-6-17(23)7-9-18/h3-13H,1-2H3,(H,24,26). The molecule has 0 radical (unpaired) electrons. The van der Waals surface area contributed by atoms with Crippen LogP contribution in [0.25, 0.3) is 0 Å². The molecule has 29 heavy (non-hydrogen) atoms. The van der Waals surface area contributed by atoms with E-state index in [1.54, 1.807) is 30.3 Å². The molecule has 0 unspecified atom stereocenters. The maximum absolute atomic E-state index is 12.9. The van der Waals surface area contributed by atoms with E-state index < -0.39 is 10.0 Å². The molecule has 5 nitrogen and oxygen atoms in total. The third-order valence-electron chi connectivity index (χ3n) is 4.40. The van der Waals surface area contributed by atoms with Crippen LogP contribution in [-0.4, -0.2) is 21.4 Å². The predicted molar refractivity (Wildman–Crippen MR) is 120 cm³/mol. The molecule has 150 valence electrons. The number of hydrogen-bond acceptors (Lipinski definition) is 3. The Kier molecular flexibility index (Phi) is 6.31. The molecular weight excluding hydrogens is 476 g/mol. The van der Waals surface area contributed by atoms with Crippen molar-refractivity contribution in [3.8, 4) is 0 Å². The Morgan fingerprint density at radius 1 is 1.00 bits per heavy atom. The lowest BCUT2D eigenvalue weighted by molar-refractivity contribution is 0.102. The molecule has 0 heterocycles. The van der Waals surface area contributed by atoms with Gasteiger partial charge in [-0.2, -0.15) is 0 Å². The lowest BCUT2D eigenvalue weighted by Gasteiger charge is -2.19. The Morgan fingerprint density at radius 3 is 2.21 bits per heavy atom. The van der Waals surface area contributed by atoms with Gasteiger partial charge in [0.25, 0.3) is 15.9 Å². The Labute approximate surface area is 183 Å². The molecule has 0 atom stereocenters. The number of anilines is 2. The number of nitrogens with zero attached hydrogens (tertiary/aromatic N) is 1. The molecule has 3 rings (SSSR count). The van der Waals surface area contributed by atoms with Crippen molar-refractivity contribution in [3.63, 3.8) is 0 Å². The Hall–Kier alpha value is -2.35. The van der Waals surface area contributed by atoms with Gasteiger partial charge in [-0.15, -0.1) is 0 Å². The molecule has 0 aliphatic heterocycles. The first kappa shape index (κ1) is 21.4. The van der Waals surface area contributed by atoms with Gasteiger partial charge < -0.3 is 5.32 Å². The Morgan fingerprint density at radius 2 is 1.62 bits per heavy atom. The van der Waals surface area contributed by atoms with Crippen molar-refractivity contribution in [2.24, 2.45) is 0 Å². The molecule has 3 aromatic rings. The van der Waals surface area contributed by atoms with Gasteiger partial charge in [0.1, 0.15) is 0 Å². The summed E-state index contributed by atoms with van der Waals surface area (Å²) in [6.07, 6.45) is 0. The quantitative estimate of drug-likeness (QED) is 0.511. The topological polar surface area (TPSA) is 66.5 Å². The Bertz CT molecular complexity index is 1150. The fraction of sp³-hybridized carbons (Fsp3) is 0.0952. The summed E-state index contributed by atoms with van der Waals surface area (Å²) in [5, 5.41) is 3.36. The highest BCUT2D eigenvalue weighted by molar-refractivity contribution is 9.10. The summed E-state index contributed by atoms with van der Waals surface area (Å²) in [4.78, 5) is 12.6. The van der Waals surface area contributed by atoms with Gasteiger partial charge in [0.2, 0.25) is 0 Å². The first-order chi connectivity index (χ1) is 13.7. The van der Waals surface area contributed by atoms with Crippen molar-refractivity contribution in [2.45, 2.75) is 11.8 Å². The van der Waals surface area contributed by atoms with E-state index in [1.165, 1.54) is 35.6 Å². The predicted octanol–water partition coefficient (Wildman–Crippen LogP) is 5.49. The highest BCUT2D eigenvalue weighted by Crippen LogP contribution is 2.24. The van der Waals surface area contributed by atoms with E-state index in [0.29, 0.717) is 22.0 Å². The molecule has 0 saturated heterocycles. The molecule has 0 spiro atoms. The van der Waals surface area contributed by atoms with Crippen LogP contribution >= 0.6 is 27.5 Å². The van der Waals surface area contributed by atoms with Crippen molar-refractivity contribution in [1.82, 2.24) is 0 Å². The van der Waals surface area contributed by atoms with Crippen LogP contribution in [-0.2, 0) is 10.0 Å². The summed E-state index contributed by atoms with van der Waals surface area (Å²) in [5.41, 5.74) is 2.45. The highest BCUT2D eigenvalue weighted by atomic mass is 79.9. The second kappa shape index (κ2) is 8.57. The molecule has 0 fully saturated rings. The molecule has 0 aliphatic rings. The summed E-state index contributed by atoms with van der Waals surface area (Å²) >= 11 is 9.25. The second-order valence-corrected chi connectivity index (χ2v) is 9.71. The highest BCUT2D eigenvalue weighted by Gasteiger charge is 2.21. The minimum absolute atomic E-state index is 0.0892. The van der Waals surface area contributed by atoms with E-state index in [4.69, 9.17) is 11.6 Å². The molecular formula is C21H18BrClN2O3S. The molecule has 0 bridgehead atoms. The fourth-order valence-electron chi connectivity index (χ4n) is 2.69. The van der Waals surface area contributed by atoms with Gasteiger partial charge in [-0.3, -0.25) is 9.10 Å². The van der Waals surface area contributed by atoms with Gasteiger partial charge in [-0.05, 0) is 79.2 Å². The monoisotopic (exact) mass is 492 g/mol. The lowest BCUT2D eigenvalue weighted by atomic mass is 10.1. The van der Waals surface area contributed by atoms with Crippen molar-refractivity contribution < 1.29 is 13.2 Å². The average molecular weight is 494 g/mol. The van der Waals surface area contributed by atoms with Gasteiger partial charge in [0.15, 0.2) is 0 Å². The number of carbonyl (C=O) groups excluding carboxylic acids is 1. The number of halogens is 2. The van der Waals surface area contributed by atoms with E-state index >= 15 is 0 Å². The molecule has 8 heteroatoms. The fourth-order valence-corrected chi connectivity index (χ4v) is 4.49. The van der Waals surface area contributed by atoms with E-state index in [1.807, 2.05) is 19.1 Å². The first-order valence-electron chi connectivity index (χ1n) is 8.60. The number of rotatable bonds is 5. The zero-order valence-electron chi connectivity index (χ0n) is 15.7. The number of benzene rings is 3. The average Bonchev–Trinajstić information content (AvgIpc) is 2.70. The second-order valence-electron chi connectivity index (χ2n) is 6.39. The molecule has 0 aliphatic carbocycles. The van der Waals surface area contributed by atoms with Crippen LogP contribution in [0.3, 0.4) is 0 Å². The van der Waals surface area contributed by atoms with Gasteiger partial charge in [-0.1, -0.05) is 27.5 Å². The molecule has 1 N–H and O–H groups in total. The minimum Gasteiger partial charge on any atom is -0.322 e. The molecule has 3 aromatic carbocycles. The Balaban J connectivity index is 1.79. The first-order valence-corrected chi connectivity index (χ1v) is 11.2. The van der Waals surface area contributed by atoms with Crippen LogP contribution in [0, 0.1) is 6.92 Å². The number of aryl methyl sites for hydroxylation is 1. The number of amides is 1. The summed E-state index contributed by atoms with van der Waals surface area (Å²) in [5.74, 6) is -0.314. The van der Waals surface area contributed by atoms with E-state index in [9.17, 15) is 13.2 Å². The van der Waals surface area contributed by atoms with E-state index in [2.05, 4.69) is 21.2 Å². The van der Waals surface area contributed by atoms with Crippen LogP contribution < -0.4 is 9.62 Å². The maximum Gasteiger partial charge on any atom is 0.264 e. The largest absolute Gasteiger partial charge is 0.322 e. The van der Waals surface area contributed by atoms with Gasteiger partial charge in [0.05, 0.1) is 10.6 Å². The third kappa shape index (κ3) is 4.80. The van der Waals surface area contributed by atoms with Crippen LogP contribution in [0.15, 0.2) is 76.1 Å². The summed E-state index contributed by atoms with van der Waals surface area (Å²) in [7, 11) is -2.30. The number of nitrogens with one attached hydrogen (secondary N) is 1. The third-order valence-corrected chi connectivity index (χ3v) is 6.95. The van der Waals surface area contributed by atoms with Crippen LogP contribution in [0.4, 0.5) is 11.4 Å². The van der Waals surface area contributed by atoms with Crippen LogP contribution in [0.1, 0.15) is 15.9 Å². The number of hydrogen-bond donors (Lipinski definition) is 1. The van der Waals surface area contributed by atoms with Crippen LogP contribution in [0.2, 0.25) is 5.02 Å². The summed E-state index contributed by atoms with van der Waals surface area (Å²) in [6.45, 7) is 1.89. The molecule has 0 saturated carbocycles. The maximum atomic E-state index is 12.9. The van der Waals surface area contributed by atoms with E-state index in [0.717, 1.165) is 10.0 Å². The van der Waals surface area contributed by atoms with Crippen molar-refractivity contribution in [2.75, 3.05) is 16.7 Å². The van der Waals surface area contributed by atoms with Crippen LogP contribution in [0.5, 0.6) is 0 Å². The van der Waals surface area contributed by atoms with E-state index in [-0.39, 0.29) is 10.8 Å².